The first kappa shape index (κ1) is 16.4. The molecule has 1 heterocycles. The smallest absolute Gasteiger partial charge is 0.261 e. The van der Waals surface area contributed by atoms with Crippen LogP contribution in [0, 0.1) is 0 Å². The highest BCUT2D eigenvalue weighted by Gasteiger charge is 2.08. The van der Waals surface area contributed by atoms with E-state index in [1.807, 2.05) is 24.3 Å². The Kier molecular flexibility index (Phi) is 4.78. The monoisotopic (exact) mass is 361 g/mol. The van der Waals surface area contributed by atoms with Crippen LogP contribution >= 0.6 is 23.2 Å². The van der Waals surface area contributed by atoms with Crippen LogP contribution in [0.2, 0.25) is 10.0 Å². The van der Waals surface area contributed by atoms with Crippen LogP contribution < -0.4 is 5.43 Å². The Bertz CT molecular complexity index is 935. The number of benzene rings is 2. The average Bonchev–Trinajstić information content (AvgIpc) is 2.98. The van der Waals surface area contributed by atoms with E-state index in [1.54, 1.807) is 25.1 Å². The topological polar surface area (TPSA) is 72.2 Å². The second-order valence-electron chi connectivity index (χ2n) is 5.10. The van der Waals surface area contributed by atoms with Crippen molar-refractivity contribution in [3.63, 3.8) is 0 Å². The van der Waals surface area contributed by atoms with Gasteiger partial charge in [0, 0.05) is 0 Å². The molecule has 1 aromatic heterocycles. The van der Waals surface area contributed by atoms with Crippen molar-refractivity contribution in [2.45, 2.75) is 13.5 Å². The summed E-state index contributed by atoms with van der Waals surface area (Å²) < 4.78 is 1.52. The molecule has 1 amide bonds. The number of carbonyl (C=O) groups is 1. The molecule has 0 spiro atoms. The Morgan fingerprint density at radius 2 is 2.00 bits per heavy atom. The van der Waals surface area contributed by atoms with E-state index in [0.717, 1.165) is 16.6 Å². The largest absolute Gasteiger partial charge is 0.271 e. The number of hydrogen-bond donors (Lipinski definition) is 1. The number of rotatable bonds is 4. The van der Waals surface area contributed by atoms with E-state index < -0.39 is 0 Å². The fourth-order valence-corrected chi connectivity index (χ4v) is 2.44. The van der Waals surface area contributed by atoms with Crippen LogP contribution in [-0.2, 0) is 11.3 Å². The average molecular weight is 362 g/mol. The summed E-state index contributed by atoms with van der Waals surface area (Å²) in [6, 6.07) is 12.6. The summed E-state index contributed by atoms with van der Waals surface area (Å²) in [4.78, 5) is 12.1. The van der Waals surface area contributed by atoms with Gasteiger partial charge in [0.1, 0.15) is 12.1 Å². The zero-order chi connectivity index (χ0) is 17.1. The highest BCUT2D eigenvalue weighted by Crippen LogP contribution is 2.22. The summed E-state index contributed by atoms with van der Waals surface area (Å²) in [6.45, 7) is 1.80. The van der Waals surface area contributed by atoms with E-state index in [2.05, 4.69) is 20.8 Å². The third-order valence-corrected chi connectivity index (χ3v) is 4.14. The lowest BCUT2D eigenvalue weighted by Gasteiger charge is -2.05. The normalized spacial score (nSPS) is 11.7. The minimum atomic E-state index is -0.301. The second kappa shape index (κ2) is 6.98. The summed E-state index contributed by atoms with van der Waals surface area (Å²) in [5, 5.41) is 13.0. The van der Waals surface area contributed by atoms with Crippen molar-refractivity contribution < 1.29 is 4.79 Å². The first-order chi connectivity index (χ1) is 11.5. The van der Waals surface area contributed by atoms with Crippen LogP contribution in [0.4, 0.5) is 0 Å². The van der Waals surface area contributed by atoms with Crippen molar-refractivity contribution in [1.29, 1.82) is 0 Å². The molecule has 0 saturated heterocycles. The summed E-state index contributed by atoms with van der Waals surface area (Å²) in [7, 11) is 0. The van der Waals surface area contributed by atoms with Crippen LogP contribution in [-0.4, -0.2) is 26.6 Å². The van der Waals surface area contributed by atoms with Crippen LogP contribution in [0.3, 0.4) is 0 Å². The van der Waals surface area contributed by atoms with E-state index in [0.29, 0.717) is 15.8 Å². The number of aromatic nitrogens is 3. The summed E-state index contributed by atoms with van der Waals surface area (Å²) in [5.41, 5.74) is 5.42. The molecule has 0 atom stereocenters. The molecule has 3 rings (SSSR count). The van der Waals surface area contributed by atoms with E-state index in [-0.39, 0.29) is 12.5 Å². The summed E-state index contributed by atoms with van der Waals surface area (Å²) in [5.74, 6) is -0.301. The van der Waals surface area contributed by atoms with Crippen molar-refractivity contribution in [2.75, 3.05) is 0 Å². The van der Waals surface area contributed by atoms with Gasteiger partial charge < -0.3 is 0 Å². The van der Waals surface area contributed by atoms with Gasteiger partial charge in [-0.2, -0.15) is 5.10 Å². The molecule has 0 saturated carbocycles. The van der Waals surface area contributed by atoms with E-state index in [9.17, 15) is 4.79 Å². The Hall–Kier alpha value is -2.44. The Morgan fingerprint density at radius 1 is 1.21 bits per heavy atom. The van der Waals surface area contributed by atoms with Gasteiger partial charge in [-0.05, 0) is 36.8 Å². The standard InChI is InChI=1S/C16H13Cl2N5O/c1-10(11-6-7-12(17)13(18)8-11)19-21-16(24)9-23-15-5-3-2-4-14(15)20-22-23/h2-8H,9H2,1H3,(H,21,24). The molecule has 122 valence electrons. The van der Waals surface area contributed by atoms with Crippen molar-refractivity contribution in [1.82, 2.24) is 20.4 Å². The molecule has 0 aliphatic rings. The van der Waals surface area contributed by atoms with Crippen LogP contribution in [0.25, 0.3) is 11.0 Å². The summed E-state index contributed by atoms with van der Waals surface area (Å²) in [6.07, 6.45) is 0. The Balaban J connectivity index is 1.69. The van der Waals surface area contributed by atoms with Gasteiger partial charge in [0.25, 0.3) is 5.91 Å². The molecule has 24 heavy (non-hydrogen) atoms. The number of nitrogens with zero attached hydrogens (tertiary/aromatic N) is 4. The molecule has 3 aromatic rings. The molecular weight excluding hydrogens is 349 g/mol. The van der Waals surface area contributed by atoms with Crippen LogP contribution in [0.15, 0.2) is 47.6 Å². The first-order valence-electron chi connectivity index (χ1n) is 7.11. The fraction of sp³-hybridized carbons (Fsp3) is 0.125. The number of amides is 1. The Labute approximate surface area is 148 Å². The molecule has 0 fully saturated rings. The van der Waals surface area contributed by atoms with Gasteiger partial charge >= 0.3 is 0 Å². The number of nitrogens with one attached hydrogen (secondary N) is 1. The van der Waals surface area contributed by atoms with Gasteiger partial charge in [-0.15, -0.1) is 5.10 Å². The predicted molar refractivity (Wildman–Crippen MR) is 94.3 cm³/mol. The molecule has 0 radical (unpaired) electrons. The highest BCUT2D eigenvalue weighted by molar-refractivity contribution is 6.42. The number of hydrazone groups is 1. The quantitative estimate of drug-likeness (QED) is 0.572. The fourth-order valence-electron chi connectivity index (χ4n) is 2.14. The third kappa shape index (κ3) is 3.55. The molecule has 0 unspecified atom stereocenters. The van der Waals surface area contributed by atoms with Crippen molar-refractivity contribution in [2.24, 2.45) is 5.10 Å². The SMILES string of the molecule is CC(=NNC(=O)Cn1nnc2ccccc21)c1ccc(Cl)c(Cl)c1. The zero-order valence-corrected chi connectivity index (χ0v) is 14.2. The number of carbonyl (C=O) groups excluding carboxylic acids is 1. The maximum Gasteiger partial charge on any atom is 0.261 e. The van der Waals surface area contributed by atoms with Crippen LogP contribution in [0.5, 0.6) is 0 Å². The minimum Gasteiger partial charge on any atom is -0.271 e. The molecule has 0 aliphatic carbocycles. The lowest BCUT2D eigenvalue weighted by molar-refractivity contribution is -0.121. The van der Waals surface area contributed by atoms with E-state index >= 15 is 0 Å². The maximum absolute atomic E-state index is 12.1. The summed E-state index contributed by atoms with van der Waals surface area (Å²) >= 11 is 11.9. The first-order valence-corrected chi connectivity index (χ1v) is 7.87. The maximum atomic E-state index is 12.1. The van der Waals surface area contributed by atoms with Gasteiger partial charge in [-0.25, -0.2) is 10.1 Å². The minimum absolute atomic E-state index is 0.0265. The number of para-hydroxylation sites is 1. The lowest BCUT2D eigenvalue weighted by Crippen LogP contribution is -2.24. The molecule has 2 aromatic carbocycles. The molecule has 6 nitrogen and oxygen atoms in total. The molecule has 0 aliphatic heterocycles. The van der Waals surface area contributed by atoms with Crippen molar-refractivity contribution in [3.8, 4) is 0 Å². The molecule has 0 bridgehead atoms. The van der Waals surface area contributed by atoms with E-state index in [1.165, 1.54) is 4.68 Å². The van der Waals surface area contributed by atoms with Gasteiger partial charge in [0.2, 0.25) is 0 Å². The number of hydrogen-bond acceptors (Lipinski definition) is 4. The molecular formula is C16H13Cl2N5O. The molecule has 8 heteroatoms. The second-order valence-corrected chi connectivity index (χ2v) is 5.91. The van der Waals surface area contributed by atoms with E-state index in [4.69, 9.17) is 23.2 Å². The van der Waals surface area contributed by atoms with Gasteiger partial charge in [-0.1, -0.05) is 46.6 Å². The third-order valence-electron chi connectivity index (χ3n) is 3.40. The van der Waals surface area contributed by atoms with Gasteiger partial charge in [0.05, 0.1) is 21.3 Å². The lowest BCUT2D eigenvalue weighted by atomic mass is 10.1. The number of fused-ring (bicyclic) bond motifs is 1. The highest BCUT2D eigenvalue weighted by atomic mass is 35.5. The molecule has 1 N–H and O–H groups in total. The van der Waals surface area contributed by atoms with Gasteiger partial charge in [-0.3, -0.25) is 4.79 Å². The van der Waals surface area contributed by atoms with Crippen molar-refractivity contribution in [3.05, 3.63) is 58.1 Å². The zero-order valence-electron chi connectivity index (χ0n) is 12.7. The number of halogens is 2. The predicted octanol–water partition coefficient (Wildman–Crippen LogP) is 3.28. The Morgan fingerprint density at radius 3 is 2.79 bits per heavy atom. The van der Waals surface area contributed by atoms with Crippen molar-refractivity contribution >= 4 is 45.9 Å². The van der Waals surface area contributed by atoms with Gasteiger partial charge in [0.15, 0.2) is 0 Å². The van der Waals surface area contributed by atoms with Crippen LogP contribution in [0.1, 0.15) is 12.5 Å².